The highest BCUT2D eigenvalue weighted by Crippen LogP contribution is 2.36. The predicted molar refractivity (Wildman–Crippen MR) is 135 cm³/mol. The van der Waals surface area contributed by atoms with Gasteiger partial charge in [0.25, 0.3) is 0 Å². The molecule has 1 amide bonds. The second-order valence-electron chi connectivity index (χ2n) is 9.20. The fraction of sp³-hybridized carbons (Fsp3) is 0.519. The number of hydrogen-bond acceptors (Lipinski definition) is 6. The SMILES string of the molecule is NC(=O)CCCC=CC[C@@H]1[C@@H](N2CCOCC2)[C@H](O)C[C@@H]1OCc1ccc(-c2cccs2)cc1. The Bertz CT molecular complexity index is 909. The molecule has 1 saturated carbocycles. The van der Waals surface area contributed by atoms with Gasteiger partial charge in [-0.15, -0.1) is 11.3 Å². The molecule has 0 unspecified atom stereocenters. The van der Waals surface area contributed by atoms with Gasteiger partial charge < -0.3 is 20.3 Å². The zero-order valence-electron chi connectivity index (χ0n) is 19.7. The molecule has 2 fully saturated rings. The molecule has 7 heteroatoms. The van der Waals surface area contributed by atoms with Crippen LogP contribution in [0.3, 0.4) is 0 Å². The number of hydrogen-bond donors (Lipinski definition) is 2. The van der Waals surface area contributed by atoms with Gasteiger partial charge in [0.05, 0.1) is 32.0 Å². The maximum absolute atomic E-state index is 11.0. The Kier molecular flexibility index (Phi) is 9.30. The van der Waals surface area contributed by atoms with E-state index in [1.54, 1.807) is 11.3 Å². The number of rotatable bonds is 11. The van der Waals surface area contributed by atoms with Crippen LogP contribution < -0.4 is 5.73 Å². The van der Waals surface area contributed by atoms with Gasteiger partial charge in [0.15, 0.2) is 0 Å². The first-order valence-electron chi connectivity index (χ1n) is 12.3. The molecule has 1 aliphatic heterocycles. The minimum absolute atomic E-state index is 0.00455. The lowest BCUT2D eigenvalue weighted by molar-refractivity contribution is -0.118. The molecule has 1 aromatic heterocycles. The van der Waals surface area contributed by atoms with E-state index in [0.717, 1.165) is 37.9 Å². The number of carbonyl (C=O) groups excluding carboxylic acids is 1. The van der Waals surface area contributed by atoms with Gasteiger partial charge in [0.2, 0.25) is 5.91 Å². The van der Waals surface area contributed by atoms with Gasteiger partial charge in [-0.05, 0) is 41.8 Å². The number of morpholine rings is 1. The van der Waals surface area contributed by atoms with Crippen molar-refractivity contribution < 1.29 is 19.4 Å². The molecule has 34 heavy (non-hydrogen) atoms. The molecule has 4 atom stereocenters. The number of thiophene rings is 1. The zero-order valence-corrected chi connectivity index (χ0v) is 20.5. The Balaban J connectivity index is 1.38. The van der Waals surface area contributed by atoms with E-state index < -0.39 is 6.10 Å². The molecule has 2 heterocycles. The third-order valence-corrected chi connectivity index (χ3v) is 7.76. The van der Waals surface area contributed by atoms with E-state index in [-0.39, 0.29) is 24.0 Å². The first-order chi connectivity index (χ1) is 16.6. The van der Waals surface area contributed by atoms with Gasteiger partial charge in [0.1, 0.15) is 0 Å². The molecular formula is C27H36N2O4S. The molecule has 1 saturated heterocycles. The monoisotopic (exact) mass is 484 g/mol. The van der Waals surface area contributed by atoms with E-state index in [2.05, 4.69) is 58.8 Å². The van der Waals surface area contributed by atoms with Crippen LogP contribution in [0.25, 0.3) is 10.4 Å². The van der Waals surface area contributed by atoms with Crippen LogP contribution in [0.2, 0.25) is 0 Å². The van der Waals surface area contributed by atoms with Crippen molar-refractivity contribution >= 4 is 17.2 Å². The summed E-state index contributed by atoms with van der Waals surface area (Å²) in [6.45, 7) is 3.65. The molecule has 2 aliphatic rings. The summed E-state index contributed by atoms with van der Waals surface area (Å²) < 4.78 is 12.0. The number of carbonyl (C=O) groups is 1. The van der Waals surface area contributed by atoms with Crippen LogP contribution in [0.15, 0.2) is 53.9 Å². The lowest BCUT2D eigenvalue weighted by Gasteiger charge is -2.37. The highest BCUT2D eigenvalue weighted by molar-refractivity contribution is 7.13. The molecule has 1 aromatic carbocycles. The zero-order chi connectivity index (χ0) is 23.8. The van der Waals surface area contributed by atoms with Crippen LogP contribution in [0.5, 0.6) is 0 Å². The quantitative estimate of drug-likeness (QED) is 0.372. The van der Waals surface area contributed by atoms with Crippen molar-refractivity contribution in [1.82, 2.24) is 4.90 Å². The Hall–Kier alpha value is -2.03. The van der Waals surface area contributed by atoms with Gasteiger partial charge in [0, 0.05) is 42.8 Å². The Morgan fingerprint density at radius 2 is 2.00 bits per heavy atom. The van der Waals surface area contributed by atoms with E-state index in [9.17, 15) is 9.90 Å². The third kappa shape index (κ3) is 6.77. The van der Waals surface area contributed by atoms with Crippen LogP contribution >= 0.6 is 11.3 Å². The maximum atomic E-state index is 11.0. The number of nitrogens with two attached hydrogens (primary N) is 1. The number of ether oxygens (including phenoxy) is 2. The van der Waals surface area contributed by atoms with Crippen molar-refractivity contribution in [3.05, 3.63) is 59.5 Å². The van der Waals surface area contributed by atoms with Crippen LogP contribution in [0.4, 0.5) is 0 Å². The summed E-state index contributed by atoms with van der Waals surface area (Å²) >= 11 is 1.74. The molecule has 1 aliphatic carbocycles. The average molecular weight is 485 g/mol. The molecule has 0 spiro atoms. The summed E-state index contributed by atoms with van der Waals surface area (Å²) in [5.74, 6) is -0.0394. The summed E-state index contributed by atoms with van der Waals surface area (Å²) in [5.41, 5.74) is 7.60. The van der Waals surface area contributed by atoms with Crippen LogP contribution in [0, 0.1) is 5.92 Å². The molecule has 184 valence electrons. The van der Waals surface area contributed by atoms with Crippen molar-refractivity contribution in [2.75, 3.05) is 26.3 Å². The molecule has 2 aromatic rings. The number of nitrogens with zero attached hydrogens (tertiary/aromatic N) is 1. The van der Waals surface area contributed by atoms with Crippen LogP contribution in [0.1, 0.15) is 37.7 Å². The summed E-state index contributed by atoms with van der Waals surface area (Å²) in [6, 6.07) is 12.8. The summed E-state index contributed by atoms with van der Waals surface area (Å²) in [6.07, 6.45) is 7.42. The molecular weight excluding hydrogens is 448 g/mol. The third-order valence-electron chi connectivity index (χ3n) is 6.84. The summed E-state index contributed by atoms with van der Waals surface area (Å²) in [4.78, 5) is 14.6. The van der Waals surface area contributed by atoms with Gasteiger partial charge in [-0.25, -0.2) is 0 Å². The number of amides is 1. The molecule has 0 radical (unpaired) electrons. The fourth-order valence-electron chi connectivity index (χ4n) is 5.11. The second kappa shape index (κ2) is 12.6. The Labute approximate surface area is 206 Å². The highest BCUT2D eigenvalue weighted by atomic mass is 32.1. The molecule has 4 rings (SSSR count). The van der Waals surface area contributed by atoms with E-state index in [0.29, 0.717) is 32.7 Å². The highest BCUT2D eigenvalue weighted by Gasteiger charge is 2.45. The fourth-order valence-corrected chi connectivity index (χ4v) is 5.84. The van der Waals surface area contributed by atoms with Crippen LogP contribution in [-0.2, 0) is 20.9 Å². The van der Waals surface area contributed by atoms with Gasteiger partial charge in [-0.2, -0.15) is 0 Å². The minimum atomic E-state index is -0.405. The van der Waals surface area contributed by atoms with E-state index in [4.69, 9.17) is 15.2 Å². The van der Waals surface area contributed by atoms with Crippen molar-refractivity contribution in [3.63, 3.8) is 0 Å². The van der Waals surface area contributed by atoms with Crippen molar-refractivity contribution in [3.8, 4) is 10.4 Å². The minimum Gasteiger partial charge on any atom is -0.391 e. The second-order valence-corrected chi connectivity index (χ2v) is 10.1. The number of aliphatic hydroxyl groups excluding tert-OH is 1. The van der Waals surface area contributed by atoms with E-state index >= 15 is 0 Å². The standard InChI is InChI=1S/C27H36N2O4S/c28-26(31)8-4-2-1-3-6-22-24(18-23(30)27(22)29-13-15-32-16-14-29)33-19-20-9-11-21(12-10-20)25-7-5-17-34-25/h1,3,5,7,9-12,17,22-24,27,30H,2,4,6,8,13-16,18-19H2,(H2,28,31)/t22-,23+,24-,27+/m0/s1. The smallest absolute Gasteiger partial charge is 0.217 e. The molecule has 3 N–H and O–H groups in total. The average Bonchev–Trinajstić information content (AvgIpc) is 3.49. The van der Waals surface area contributed by atoms with E-state index in [1.807, 2.05) is 0 Å². The van der Waals surface area contributed by atoms with Gasteiger partial charge in [-0.3, -0.25) is 9.69 Å². The van der Waals surface area contributed by atoms with Crippen LogP contribution in [-0.4, -0.2) is 60.5 Å². The maximum Gasteiger partial charge on any atom is 0.217 e. The van der Waals surface area contributed by atoms with Gasteiger partial charge in [-0.1, -0.05) is 42.5 Å². The summed E-state index contributed by atoms with van der Waals surface area (Å²) in [5, 5.41) is 13.1. The number of primary amides is 1. The topological polar surface area (TPSA) is 85.0 Å². The van der Waals surface area contributed by atoms with Gasteiger partial charge >= 0.3 is 0 Å². The van der Waals surface area contributed by atoms with E-state index in [1.165, 1.54) is 10.4 Å². The number of unbranched alkanes of at least 4 members (excludes halogenated alkanes) is 1. The van der Waals surface area contributed by atoms with Crippen molar-refractivity contribution in [1.29, 1.82) is 0 Å². The molecule has 0 bridgehead atoms. The Morgan fingerprint density at radius 1 is 1.21 bits per heavy atom. The number of benzene rings is 1. The van der Waals surface area contributed by atoms with Crippen molar-refractivity contribution in [2.24, 2.45) is 11.7 Å². The Morgan fingerprint density at radius 3 is 2.71 bits per heavy atom. The number of allylic oxidation sites excluding steroid dienone is 2. The first kappa shape index (κ1) is 25.1. The molecule has 6 nitrogen and oxygen atoms in total. The normalized spacial score (nSPS) is 25.8. The largest absolute Gasteiger partial charge is 0.391 e. The number of aliphatic hydroxyl groups is 1. The lowest BCUT2D eigenvalue weighted by Crippen LogP contribution is -2.50. The predicted octanol–water partition coefficient (Wildman–Crippen LogP) is 3.98. The summed E-state index contributed by atoms with van der Waals surface area (Å²) in [7, 11) is 0. The lowest BCUT2D eigenvalue weighted by atomic mass is 9.94. The van der Waals surface area contributed by atoms with Crippen molar-refractivity contribution in [2.45, 2.75) is 57.0 Å². The first-order valence-corrected chi connectivity index (χ1v) is 13.2.